The van der Waals surface area contributed by atoms with Crippen LogP contribution in [0.15, 0.2) is 48.5 Å². The van der Waals surface area contributed by atoms with E-state index in [1.165, 1.54) is 19.2 Å². The van der Waals surface area contributed by atoms with Gasteiger partial charge in [-0.3, -0.25) is 9.59 Å². The molecule has 1 N–H and O–H groups in total. The van der Waals surface area contributed by atoms with E-state index in [4.69, 9.17) is 4.74 Å². The minimum absolute atomic E-state index is 0.108. The molecule has 0 bridgehead atoms. The van der Waals surface area contributed by atoms with E-state index >= 15 is 0 Å². The highest BCUT2D eigenvalue weighted by atomic mass is 19.1. The number of ketones is 1. The molecule has 2 aromatic carbocycles. The summed E-state index contributed by atoms with van der Waals surface area (Å²) in [7, 11) is 1.53. The molecule has 0 saturated carbocycles. The molecule has 0 spiro atoms. The van der Waals surface area contributed by atoms with Gasteiger partial charge >= 0.3 is 0 Å². The number of hydrogen-bond donors (Lipinski definition) is 1. The van der Waals surface area contributed by atoms with Gasteiger partial charge in [-0.15, -0.1) is 0 Å². The van der Waals surface area contributed by atoms with Gasteiger partial charge in [0.05, 0.1) is 7.11 Å². The zero-order chi connectivity index (χ0) is 16.7. The Labute approximate surface area is 134 Å². The van der Waals surface area contributed by atoms with E-state index in [1.807, 2.05) is 0 Å². The third-order valence-corrected chi connectivity index (χ3v) is 3.37. The van der Waals surface area contributed by atoms with Gasteiger partial charge in [-0.25, -0.2) is 4.39 Å². The second-order valence-electron chi connectivity index (χ2n) is 5.06. The summed E-state index contributed by atoms with van der Waals surface area (Å²) in [5.41, 5.74) is 1.33. The first-order chi connectivity index (χ1) is 11.1. The molecular weight excluding hydrogens is 297 g/mol. The van der Waals surface area contributed by atoms with Crippen molar-refractivity contribution in [3.05, 3.63) is 65.5 Å². The lowest BCUT2D eigenvalue weighted by Gasteiger charge is -2.06. The van der Waals surface area contributed by atoms with Crippen molar-refractivity contribution < 1.29 is 18.7 Å². The van der Waals surface area contributed by atoms with Crippen LogP contribution in [0.1, 0.15) is 28.8 Å². The average molecular weight is 315 g/mol. The molecule has 2 rings (SSSR count). The second kappa shape index (κ2) is 8.08. The highest BCUT2D eigenvalue weighted by Gasteiger charge is 2.10. The molecule has 0 heterocycles. The molecule has 0 radical (unpaired) electrons. The highest BCUT2D eigenvalue weighted by Crippen LogP contribution is 2.14. The summed E-state index contributed by atoms with van der Waals surface area (Å²) in [6.45, 7) is 0.312. The lowest BCUT2D eigenvalue weighted by molar-refractivity contribution is -0.121. The van der Waals surface area contributed by atoms with Crippen molar-refractivity contribution >= 4 is 11.7 Å². The molecular formula is C18H18FNO3. The van der Waals surface area contributed by atoms with E-state index in [-0.39, 0.29) is 30.3 Å². The van der Waals surface area contributed by atoms with Gasteiger partial charge < -0.3 is 10.1 Å². The molecule has 0 aliphatic carbocycles. The van der Waals surface area contributed by atoms with Crippen molar-refractivity contribution in [3.8, 4) is 5.75 Å². The first kappa shape index (κ1) is 16.7. The standard InChI is InChI=1S/C18H18FNO3/c1-23-16-4-2-3-14(11-16)17(21)9-10-18(22)20-12-13-5-7-15(19)8-6-13/h2-8,11H,9-10,12H2,1H3,(H,20,22). The lowest BCUT2D eigenvalue weighted by atomic mass is 10.1. The Morgan fingerprint density at radius 2 is 1.83 bits per heavy atom. The van der Waals surface area contributed by atoms with E-state index in [9.17, 15) is 14.0 Å². The number of carbonyl (C=O) groups is 2. The summed E-state index contributed by atoms with van der Waals surface area (Å²) in [5, 5.41) is 2.71. The minimum atomic E-state index is -0.316. The van der Waals surface area contributed by atoms with Crippen LogP contribution in [0.5, 0.6) is 5.75 Å². The van der Waals surface area contributed by atoms with Gasteiger partial charge in [-0.1, -0.05) is 24.3 Å². The van der Waals surface area contributed by atoms with Crippen molar-refractivity contribution in [2.75, 3.05) is 7.11 Å². The van der Waals surface area contributed by atoms with E-state index in [1.54, 1.807) is 36.4 Å². The first-order valence-corrected chi connectivity index (χ1v) is 7.27. The molecule has 0 unspecified atom stereocenters. The predicted molar refractivity (Wildman–Crippen MR) is 84.8 cm³/mol. The fourth-order valence-electron chi connectivity index (χ4n) is 2.06. The molecule has 0 aliphatic rings. The van der Waals surface area contributed by atoms with E-state index in [2.05, 4.69) is 5.32 Å². The van der Waals surface area contributed by atoms with Crippen molar-refractivity contribution in [2.24, 2.45) is 0 Å². The van der Waals surface area contributed by atoms with Gasteiger partial charge in [0.1, 0.15) is 11.6 Å². The van der Waals surface area contributed by atoms with Crippen LogP contribution in [0.2, 0.25) is 0 Å². The fourth-order valence-corrected chi connectivity index (χ4v) is 2.06. The number of methoxy groups -OCH3 is 1. The first-order valence-electron chi connectivity index (χ1n) is 7.27. The molecule has 4 nitrogen and oxygen atoms in total. The number of Topliss-reactive ketones (excluding diaryl/α,β-unsaturated/α-hetero) is 1. The minimum Gasteiger partial charge on any atom is -0.497 e. The third kappa shape index (κ3) is 5.21. The summed E-state index contributed by atoms with van der Waals surface area (Å²) in [6.07, 6.45) is 0.236. The Morgan fingerprint density at radius 3 is 2.52 bits per heavy atom. The summed E-state index contributed by atoms with van der Waals surface area (Å²) in [4.78, 5) is 23.8. The Balaban J connectivity index is 1.79. The smallest absolute Gasteiger partial charge is 0.220 e. The van der Waals surface area contributed by atoms with Crippen LogP contribution in [-0.2, 0) is 11.3 Å². The molecule has 1 amide bonds. The number of halogens is 1. The van der Waals surface area contributed by atoms with E-state index in [0.717, 1.165) is 5.56 Å². The normalized spacial score (nSPS) is 10.2. The molecule has 0 aromatic heterocycles. The predicted octanol–water partition coefficient (Wildman–Crippen LogP) is 3.11. The Hall–Kier alpha value is -2.69. The van der Waals surface area contributed by atoms with Crippen molar-refractivity contribution in [3.63, 3.8) is 0 Å². The van der Waals surface area contributed by atoms with Gasteiger partial charge in [-0.05, 0) is 29.8 Å². The van der Waals surface area contributed by atoms with Gasteiger partial charge in [-0.2, -0.15) is 0 Å². The summed E-state index contributed by atoms with van der Waals surface area (Å²) < 4.78 is 17.8. The monoisotopic (exact) mass is 315 g/mol. The van der Waals surface area contributed by atoms with Gasteiger partial charge in [0.2, 0.25) is 5.91 Å². The zero-order valence-corrected chi connectivity index (χ0v) is 12.8. The highest BCUT2D eigenvalue weighted by molar-refractivity contribution is 5.98. The molecule has 23 heavy (non-hydrogen) atoms. The quantitative estimate of drug-likeness (QED) is 0.799. The van der Waals surface area contributed by atoms with Crippen LogP contribution in [0.3, 0.4) is 0 Å². The molecule has 2 aromatic rings. The summed E-state index contributed by atoms with van der Waals surface area (Å²) >= 11 is 0. The maximum Gasteiger partial charge on any atom is 0.220 e. The largest absolute Gasteiger partial charge is 0.497 e. The Kier molecular flexibility index (Phi) is 5.86. The Bertz CT molecular complexity index is 683. The number of nitrogens with one attached hydrogen (secondary N) is 1. The fraction of sp³-hybridized carbons (Fsp3) is 0.222. The summed E-state index contributed by atoms with van der Waals surface area (Å²) in [6, 6.07) is 12.7. The summed E-state index contributed by atoms with van der Waals surface area (Å²) in [5.74, 6) is -0.0352. The maximum absolute atomic E-state index is 12.8. The molecule has 0 atom stereocenters. The maximum atomic E-state index is 12.8. The number of amides is 1. The Morgan fingerprint density at radius 1 is 1.09 bits per heavy atom. The number of hydrogen-bond acceptors (Lipinski definition) is 3. The SMILES string of the molecule is COc1cccc(C(=O)CCC(=O)NCc2ccc(F)cc2)c1. The molecule has 5 heteroatoms. The van der Waals surface area contributed by atoms with Crippen LogP contribution in [0.4, 0.5) is 4.39 Å². The number of carbonyl (C=O) groups excluding carboxylic acids is 2. The molecule has 0 aliphatic heterocycles. The van der Waals surface area contributed by atoms with Crippen LogP contribution in [-0.4, -0.2) is 18.8 Å². The average Bonchev–Trinajstić information content (AvgIpc) is 2.59. The third-order valence-electron chi connectivity index (χ3n) is 3.37. The molecule has 0 fully saturated rings. The van der Waals surface area contributed by atoms with Crippen LogP contribution >= 0.6 is 0 Å². The van der Waals surface area contributed by atoms with Gasteiger partial charge in [0, 0.05) is 24.9 Å². The van der Waals surface area contributed by atoms with Crippen LogP contribution < -0.4 is 10.1 Å². The zero-order valence-electron chi connectivity index (χ0n) is 12.8. The van der Waals surface area contributed by atoms with Crippen LogP contribution in [0.25, 0.3) is 0 Å². The van der Waals surface area contributed by atoms with Gasteiger partial charge in [0.25, 0.3) is 0 Å². The molecule has 120 valence electrons. The topological polar surface area (TPSA) is 55.4 Å². The van der Waals surface area contributed by atoms with E-state index < -0.39 is 0 Å². The van der Waals surface area contributed by atoms with Crippen molar-refractivity contribution in [1.29, 1.82) is 0 Å². The molecule has 0 saturated heterocycles. The number of rotatable bonds is 7. The van der Waals surface area contributed by atoms with E-state index in [0.29, 0.717) is 17.9 Å². The van der Waals surface area contributed by atoms with Crippen molar-refractivity contribution in [1.82, 2.24) is 5.32 Å². The van der Waals surface area contributed by atoms with Crippen molar-refractivity contribution in [2.45, 2.75) is 19.4 Å². The lowest BCUT2D eigenvalue weighted by Crippen LogP contribution is -2.23. The second-order valence-corrected chi connectivity index (χ2v) is 5.06. The number of benzene rings is 2. The van der Waals surface area contributed by atoms with Gasteiger partial charge in [0.15, 0.2) is 5.78 Å². The van der Waals surface area contributed by atoms with Crippen LogP contribution in [0, 0.1) is 5.82 Å². The number of ether oxygens (including phenoxy) is 1.